The van der Waals surface area contributed by atoms with Crippen LogP contribution in [-0.2, 0) is 0 Å². The van der Waals surface area contributed by atoms with Gasteiger partial charge in [-0.2, -0.15) is 5.10 Å². The minimum absolute atomic E-state index is 0.0772. The fraction of sp³-hybridized carbons (Fsp3) is 0. The first kappa shape index (κ1) is 15.5. The molecule has 25 heavy (non-hydrogen) atoms. The number of hydrogen-bond acceptors (Lipinski definition) is 3. The summed E-state index contributed by atoms with van der Waals surface area (Å²) in [5.74, 6) is 0. The molecule has 4 rings (SSSR count). The molecule has 5 nitrogen and oxygen atoms in total. The summed E-state index contributed by atoms with van der Waals surface area (Å²) < 4.78 is 2.63. The maximum Gasteiger partial charge on any atom is 0.277 e. The molecular weight excluding hydrogens is 382 g/mol. The molecule has 0 bridgehead atoms. The van der Waals surface area contributed by atoms with E-state index < -0.39 is 0 Å². The average molecular weight is 394 g/mol. The molecular formula is C19H12BrN3O2. The van der Waals surface area contributed by atoms with Crippen LogP contribution in [-0.4, -0.2) is 14.7 Å². The van der Waals surface area contributed by atoms with Crippen molar-refractivity contribution in [3.63, 3.8) is 0 Å². The second-order valence-electron chi connectivity index (χ2n) is 5.58. The lowest BCUT2D eigenvalue weighted by Crippen LogP contribution is -1.96. The summed E-state index contributed by atoms with van der Waals surface area (Å²) in [4.78, 5) is 11.0. The monoisotopic (exact) mass is 393 g/mol. The maximum absolute atomic E-state index is 11.4. The highest BCUT2D eigenvalue weighted by Crippen LogP contribution is 2.34. The Balaban J connectivity index is 1.93. The van der Waals surface area contributed by atoms with Gasteiger partial charge in [0.15, 0.2) is 0 Å². The lowest BCUT2D eigenvalue weighted by Gasteiger charge is -2.07. The van der Waals surface area contributed by atoms with Gasteiger partial charge in [0.1, 0.15) is 0 Å². The molecule has 0 aliphatic rings. The van der Waals surface area contributed by atoms with Gasteiger partial charge < -0.3 is 0 Å². The van der Waals surface area contributed by atoms with Crippen LogP contribution in [0.5, 0.6) is 0 Å². The molecule has 0 aliphatic carbocycles. The third-order valence-electron chi connectivity index (χ3n) is 4.04. The van der Waals surface area contributed by atoms with E-state index in [2.05, 4.69) is 21.0 Å². The molecule has 0 amide bonds. The van der Waals surface area contributed by atoms with Gasteiger partial charge in [-0.15, -0.1) is 0 Å². The van der Waals surface area contributed by atoms with E-state index in [1.165, 1.54) is 6.07 Å². The van der Waals surface area contributed by atoms with E-state index in [4.69, 9.17) is 0 Å². The van der Waals surface area contributed by atoms with Crippen LogP contribution in [0.2, 0.25) is 0 Å². The number of nitro benzene ring substituents is 1. The molecule has 4 aromatic rings. The summed E-state index contributed by atoms with van der Waals surface area (Å²) >= 11 is 3.40. The van der Waals surface area contributed by atoms with Crippen molar-refractivity contribution in [2.75, 3.05) is 0 Å². The summed E-state index contributed by atoms with van der Waals surface area (Å²) in [7, 11) is 0. The number of benzene rings is 3. The van der Waals surface area contributed by atoms with Crippen molar-refractivity contribution in [1.29, 1.82) is 0 Å². The van der Waals surface area contributed by atoms with Crippen molar-refractivity contribution in [2.24, 2.45) is 0 Å². The standard InChI is InChI=1S/C19H12BrN3O2/c20-15-8-9-18(23(24)25)17(11-15)13-6-7-14-12-21-22(19(14)10-13)16-4-2-1-3-5-16/h1-12H. The highest BCUT2D eigenvalue weighted by molar-refractivity contribution is 9.10. The number of halogens is 1. The second kappa shape index (κ2) is 6.14. The summed E-state index contributed by atoms with van der Waals surface area (Å²) in [5, 5.41) is 16.8. The maximum atomic E-state index is 11.4. The van der Waals surface area contributed by atoms with Gasteiger partial charge in [-0.05, 0) is 35.9 Å². The third-order valence-corrected chi connectivity index (χ3v) is 4.53. The second-order valence-corrected chi connectivity index (χ2v) is 6.50. The van der Waals surface area contributed by atoms with Gasteiger partial charge >= 0.3 is 0 Å². The number of para-hydroxylation sites is 1. The van der Waals surface area contributed by atoms with Gasteiger partial charge in [-0.25, -0.2) is 4.68 Å². The Hall–Kier alpha value is -2.99. The van der Waals surface area contributed by atoms with E-state index in [0.717, 1.165) is 26.6 Å². The zero-order chi connectivity index (χ0) is 17.4. The molecule has 0 N–H and O–H groups in total. The summed E-state index contributed by atoms with van der Waals surface area (Å²) in [6.45, 7) is 0. The molecule has 0 unspecified atom stereocenters. The number of hydrogen-bond donors (Lipinski definition) is 0. The van der Waals surface area contributed by atoms with Crippen LogP contribution in [0.1, 0.15) is 0 Å². The van der Waals surface area contributed by atoms with Gasteiger partial charge in [0.2, 0.25) is 0 Å². The van der Waals surface area contributed by atoms with Crippen molar-refractivity contribution in [2.45, 2.75) is 0 Å². The van der Waals surface area contributed by atoms with Gasteiger partial charge in [-0.1, -0.05) is 46.3 Å². The Kier molecular flexibility index (Phi) is 3.82. The smallest absolute Gasteiger partial charge is 0.258 e. The third kappa shape index (κ3) is 2.81. The normalized spacial score (nSPS) is 10.9. The first-order valence-corrected chi connectivity index (χ1v) is 8.40. The van der Waals surface area contributed by atoms with E-state index in [1.54, 1.807) is 18.3 Å². The first-order valence-electron chi connectivity index (χ1n) is 7.61. The van der Waals surface area contributed by atoms with Crippen molar-refractivity contribution in [3.05, 3.63) is 87.5 Å². The molecule has 1 heterocycles. The van der Waals surface area contributed by atoms with Crippen LogP contribution in [0.4, 0.5) is 5.69 Å². The zero-order valence-corrected chi connectivity index (χ0v) is 14.6. The largest absolute Gasteiger partial charge is 0.277 e. The quantitative estimate of drug-likeness (QED) is 0.347. The van der Waals surface area contributed by atoms with E-state index >= 15 is 0 Å². The minimum Gasteiger partial charge on any atom is -0.258 e. The molecule has 122 valence electrons. The Labute approximate surface area is 151 Å². The average Bonchev–Trinajstić information content (AvgIpc) is 3.05. The molecule has 0 atom stereocenters. The highest BCUT2D eigenvalue weighted by atomic mass is 79.9. The molecule has 0 aliphatic heterocycles. The van der Waals surface area contributed by atoms with Crippen LogP contribution >= 0.6 is 15.9 Å². The van der Waals surface area contributed by atoms with Crippen molar-refractivity contribution < 1.29 is 4.92 Å². The minimum atomic E-state index is -0.361. The van der Waals surface area contributed by atoms with Crippen LogP contribution < -0.4 is 0 Å². The van der Waals surface area contributed by atoms with Gasteiger partial charge in [0, 0.05) is 15.9 Å². The lowest BCUT2D eigenvalue weighted by molar-refractivity contribution is -0.384. The SMILES string of the molecule is O=[N+]([O-])c1ccc(Br)cc1-c1ccc2cnn(-c3ccccc3)c2c1. The number of nitro groups is 1. The summed E-state index contributed by atoms with van der Waals surface area (Å²) in [6, 6.07) is 20.5. The van der Waals surface area contributed by atoms with Crippen LogP contribution in [0, 0.1) is 10.1 Å². The van der Waals surface area contributed by atoms with Crippen molar-refractivity contribution >= 4 is 32.5 Å². The highest BCUT2D eigenvalue weighted by Gasteiger charge is 2.16. The van der Waals surface area contributed by atoms with Crippen molar-refractivity contribution in [1.82, 2.24) is 9.78 Å². The van der Waals surface area contributed by atoms with E-state index in [9.17, 15) is 10.1 Å². The molecule has 0 saturated heterocycles. The van der Waals surface area contributed by atoms with Crippen LogP contribution in [0.3, 0.4) is 0 Å². The fourth-order valence-electron chi connectivity index (χ4n) is 2.86. The van der Waals surface area contributed by atoms with Crippen LogP contribution in [0.15, 0.2) is 77.4 Å². The Morgan fingerprint density at radius 2 is 1.80 bits per heavy atom. The van der Waals surface area contributed by atoms with Crippen molar-refractivity contribution in [3.8, 4) is 16.8 Å². The summed E-state index contributed by atoms with van der Waals surface area (Å²) in [6.07, 6.45) is 1.79. The fourth-order valence-corrected chi connectivity index (χ4v) is 3.22. The number of fused-ring (bicyclic) bond motifs is 1. The molecule has 0 radical (unpaired) electrons. The molecule has 3 aromatic carbocycles. The topological polar surface area (TPSA) is 61.0 Å². The van der Waals surface area contributed by atoms with Gasteiger partial charge in [0.25, 0.3) is 5.69 Å². The van der Waals surface area contributed by atoms with Gasteiger partial charge in [-0.3, -0.25) is 10.1 Å². The Morgan fingerprint density at radius 3 is 2.56 bits per heavy atom. The Bertz CT molecular complexity index is 1090. The number of nitrogens with zero attached hydrogens (tertiary/aromatic N) is 3. The predicted octanol–water partition coefficient (Wildman–Crippen LogP) is 5.36. The molecule has 0 spiro atoms. The predicted molar refractivity (Wildman–Crippen MR) is 101 cm³/mol. The molecule has 1 aromatic heterocycles. The molecule has 0 saturated carbocycles. The molecule has 0 fully saturated rings. The molecule has 6 heteroatoms. The number of rotatable bonds is 3. The van der Waals surface area contributed by atoms with Crippen LogP contribution in [0.25, 0.3) is 27.7 Å². The Morgan fingerprint density at radius 1 is 1.00 bits per heavy atom. The first-order chi connectivity index (χ1) is 12.1. The summed E-state index contributed by atoms with van der Waals surface area (Å²) in [5.41, 5.74) is 3.27. The zero-order valence-electron chi connectivity index (χ0n) is 13.0. The van der Waals surface area contributed by atoms with E-state index in [-0.39, 0.29) is 10.6 Å². The number of aromatic nitrogens is 2. The van der Waals surface area contributed by atoms with Gasteiger partial charge in [0.05, 0.1) is 27.9 Å². The van der Waals surface area contributed by atoms with E-state index in [0.29, 0.717) is 5.56 Å². The van der Waals surface area contributed by atoms with E-state index in [1.807, 2.05) is 53.2 Å². The lowest BCUT2D eigenvalue weighted by atomic mass is 10.0.